The number of anilines is 11. The third kappa shape index (κ3) is 8.14. The van der Waals surface area contributed by atoms with Gasteiger partial charge in [0.25, 0.3) is 0 Å². The fourth-order valence-corrected chi connectivity index (χ4v) is 11.9. The summed E-state index contributed by atoms with van der Waals surface area (Å²) in [6.45, 7) is 4.40. The first-order chi connectivity index (χ1) is 34.0. The van der Waals surface area contributed by atoms with E-state index in [1.807, 2.05) is 23.5 Å². The number of fused-ring (bicyclic) bond motifs is 4. The van der Waals surface area contributed by atoms with Crippen molar-refractivity contribution in [1.82, 2.24) is 0 Å². The molecule has 1 radical (unpaired) electrons. The largest absolute Gasteiger partial charge is 0.355 e. The molecule has 0 bridgehead atoms. The monoisotopic (exact) mass is 921 g/mol. The van der Waals surface area contributed by atoms with Crippen LogP contribution in [0.5, 0.6) is 0 Å². The van der Waals surface area contributed by atoms with Crippen LogP contribution in [-0.4, -0.2) is 7.28 Å². The molecular formula is C62H46BN4S2. The van der Waals surface area contributed by atoms with E-state index in [0.717, 1.165) is 84.6 Å². The van der Waals surface area contributed by atoms with E-state index in [4.69, 9.17) is 0 Å². The van der Waals surface area contributed by atoms with Crippen molar-refractivity contribution in [3.8, 4) is 11.1 Å². The van der Waals surface area contributed by atoms with Crippen molar-refractivity contribution in [2.24, 2.45) is 0 Å². The number of nitrogens with one attached hydrogen (secondary N) is 1. The highest BCUT2D eigenvalue weighted by molar-refractivity contribution is 8.05. The van der Waals surface area contributed by atoms with Gasteiger partial charge in [-0.05, 0) is 151 Å². The summed E-state index contributed by atoms with van der Waals surface area (Å²) in [5.74, 6) is 0. The van der Waals surface area contributed by atoms with Crippen LogP contribution in [-0.2, 0) is 0 Å². The second-order valence-electron chi connectivity index (χ2n) is 17.4. The third-order valence-electron chi connectivity index (χ3n) is 12.9. The molecule has 7 heteroatoms. The Morgan fingerprint density at radius 2 is 0.870 bits per heavy atom. The first kappa shape index (κ1) is 42.5. The smallest absolute Gasteiger partial charge is 0.197 e. The Morgan fingerprint density at radius 1 is 0.362 bits per heavy atom. The molecule has 1 N–H and O–H groups in total. The number of rotatable bonds is 10. The maximum Gasteiger partial charge on any atom is 0.197 e. The molecule has 0 amide bonds. The predicted molar refractivity (Wildman–Crippen MR) is 295 cm³/mol. The Balaban J connectivity index is 1.14. The lowest BCUT2D eigenvalue weighted by atomic mass is 9.58. The molecule has 0 aliphatic carbocycles. The van der Waals surface area contributed by atoms with E-state index >= 15 is 0 Å². The lowest BCUT2D eigenvalue weighted by Gasteiger charge is -2.38. The lowest BCUT2D eigenvalue weighted by molar-refractivity contribution is 1.16. The van der Waals surface area contributed by atoms with Crippen LogP contribution in [0.3, 0.4) is 0 Å². The van der Waals surface area contributed by atoms with Gasteiger partial charge < -0.3 is 20.0 Å². The minimum absolute atomic E-state index is 1.05. The summed E-state index contributed by atoms with van der Waals surface area (Å²) in [7, 11) is 2.43. The van der Waals surface area contributed by atoms with Crippen molar-refractivity contribution in [3.05, 3.63) is 248 Å². The summed E-state index contributed by atoms with van der Waals surface area (Å²) in [6.07, 6.45) is 0. The van der Waals surface area contributed by atoms with E-state index in [1.54, 1.807) is 0 Å². The number of para-hydroxylation sites is 6. The maximum atomic E-state index is 3.99. The standard InChI is InChI=1S/C62H46BN4S2/c1-42-21-15-17-31-53(42)64-54-41-61-60(68-58-33-19-20-34-59(58)69-61)40-50(54)51-37-49(66(46-27-11-5-12-28-46)47-29-13-6-14-30-47)39-57-62(51)63-52-38-48(35-36-56(52)67(57)55-32-18-16-22-43(55)2)65(44-23-7-3-8-24-44)45-25-9-4-10-26-45/h3-41,64H,1-2H3. The second kappa shape index (κ2) is 18.3. The summed E-state index contributed by atoms with van der Waals surface area (Å²) in [4.78, 5) is 12.3. The third-order valence-corrected chi connectivity index (χ3v) is 15.5. The van der Waals surface area contributed by atoms with Gasteiger partial charge >= 0.3 is 0 Å². The number of aryl methyl sites for hydroxylation is 2. The zero-order valence-electron chi connectivity index (χ0n) is 38.3. The molecule has 10 aromatic carbocycles. The van der Waals surface area contributed by atoms with Crippen LogP contribution in [0.15, 0.2) is 256 Å². The van der Waals surface area contributed by atoms with Gasteiger partial charge in [-0.1, -0.05) is 150 Å². The van der Waals surface area contributed by atoms with E-state index in [2.05, 4.69) is 278 Å². The molecular weight excluding hydrogens is 876 g/mol. The minimum atomic E-state index is 1.05. The molecule has 0 saturated carbocycles. The molecule has 0 unspecified atom stereocenters. The fourth-order valence-electron chi connectivity index (χ4n) is 9.63. The van der Waals surface area contributed by atoms with Crippen molar-refractivity contribution in [3.63, 3.8) is 0 Å². The highest BCUT2D eigenvalue weighted by atomic mass is 32.2. The molecule has 0 spiro atoms. The van der Waals surface area contributed by atoms with Crippen molar-refractivity contribution in [1.29, 1.82) is 0 Å². The molecule has 69 heavy (non-hydrogen) atoms. The van der Waals surface area contributed by atoms with Crippen LogP contribution in [0.4, 0.5) is 62.6 Å². The highest BCUT2D eigenvalue weighted by Crippen LogP contribution is 2.53. The Kier molecular flexibility index (Phi) is 11.3. The highest BCUT2D eigenvalue weighted by Gasteiger charge is 2.32. The number of hydrogen-bond acceptors (Lipinski definition) is 6. The topological polar surface area (TPSA) is 21.8 Å². The van der Waals surface area contributed by atoms with Gasteiger partial charge in [-0.3, -0.25) is 0 Å². The molecule has 10 aromatic rings. The Morgan fingerprint density at radius 3 is 1.45 bits per heavy atom. The zero-order valence-corrected chi connectivity index (χ0v) is 39.9. The predicted octanol–water partition coefficient (Wildman–Crippen LogP) is 16.7. The van der Waals surface area contributed by atoms with Gasteiger partial charge in [-0.15, -0.1) is 0 Å². The Bertz CT molecular complexity index is 3420. The normalized spacial score (nSPS) is 12.2. The minimum Gasteiger partial charge on any atom is -0.355 e. The fraction of sp³-hybridized carbons (Fsp3) is 0.0323. The van der Waals surface area contributed by atoms with Crippen LogP contribution in [0.2, 0.25) is 0 Å². The summed E-state index contributed by atoms with van der Waals surface area (Å²) < 4.78 is 0. The van der Waals surface area contributed by atoms with E-state index in [0.29, 0.717) is 0 Å². The van der Waals surface area contributed by atoms with E-state index in [-0.39, 0.29) is 0 Å². The van der Waals surface area contributed by atoms with Crippen LogP contribution >= 0.6 is 23.5 Å². The summed E-state index contributed by atoms with van der Waals surface area (Å²) in [5.41, 5.74) is 18.9. The van der Waals surface area contributed by atoms with E-state index in [9.17, 15) is 0 Å². The molecule has 0 fully saturated rings. The quantitative estimate of drug-likeness (QED) is 0.137. The van der Waals surface area contributed by atoms with Gasteiger partial charge in [0.1, 0.15) is 0 Å². The van der Waals surface area contributed by atoms with Crippen molar-refractivity contribution >= 4 is 104 Å². The summed E-state index contributed by atoms with van der Waals surface area (Å²) in [6, 6.07) is 85.5. The summed E-state index contributed by atoms with van der Waals surface area (Å²) >= 11 is 3.70. The van der Waals surface area contributed by atoms with E-state index in [1.165, 1.54) is 30.7 Å². The first-order valence-corrected chi connectivity index (χ1v) is 25.0. The van der Waals surface area contributed by atoms with Gasteiger partial charge in [0.05, 0.1) is 0 Å². The molecule has 4 nitrogen and oxygen atoms in total. The number of nitrogens with zero attached hydrogens (tertiary/aromatic N) is 3. The van der Waals surface area contributed by atoms with Gasteiger partial charge in [-0.2, -0.15) is 0 Å². The first-order valence-electron chi connectivity index (χ1n) is 23.3. The number of hydrogen-bond donors (Lipinski definition) is 1. The summed E-state index contributed by atoms with van der Waals surface area (Å²) in [5, 5.41) is 3.99. The van der Waals surface area contributed by atoms with Gasteiger partial charge in [0, 0.05) is 87.7 Å². The van der Waals surface area contributed by atoms with E-state index < -0.39 is 0 Å². The van der Waals surface area contributed by atoms with Crippen LogP contribution < -0.4 is 30.9 Å². The van der Waals surface area contributed by atoms with Gasteiger partial charge in [-0.25, -0.2) is 0 Å². The van der Waals surface area contributed by atoms with Gasteiger partial charge in [0.2, 0.25) is 0 Å². The maximum absolute atomic E-state index is 3.99. The Hall–Kier alpha value is -7.84. The molecule has 0 saturated heterocycles. The average Bonchev–Trinajstić information content (AvgIpc) is 3.39. The Labute approximate surface area is 414 Å². The van der Waals surface area contributed by atoms with Crippen LogP contribution in [0.25, 0.3) is 11.1 Å². The SMILES string of the molecule is Cc1ccccc1Nc1cc2c(cc1-c1cc(N(c3ccccc3)c3ccccc3)cc3c1[B]c1cc(N(c4ccccc4)c4ccccc4)ccc1N3c1ccccc1C)Sc1ccccc1S2. The molecule has 2 aliphatic heterocycles. The number of benzene rings is 10. The second-order valence-corrected chi connectivity index (χ2v) is 19.6. The molecule has 12 rings (SSSR count). The van der Waals surface area contributed by atoms with Crippen molar-refractivity contribution in [2.45, 2.75) is 33.4 Å². The molecule has 329 valence electrons. The van der Waals surface area contributed by atoms with Crippen LogP contribution in [0, 0.1) is 13.8 Å². The lowest BCUT2D eigenvalue weighted by Crippen LogP contribution is -2.41. The average molecular weight is 922 g/mol. The van der Waals surface area contributed by atoms with Gasteiger partial charge in [0.15, 0.2) is 7.28 Å². The molecule has 0 aromatic heterocycles. The molecule has 2 aliphatic rings. The van der Waals surface area contributed by atoms with Crippen molar-refractivity contribution < 1.29 is 0 Å². The van der Waals surface area contributed by atoms with Crippen molar-refractivity contribution in [2.75, 3.05) is 20.0 Å². The molecule has 2 heterocycles. The zero-order chi connectivity index (χ0) is 46.3. The van der Waals surface area contributed by atoms with Crippen LogP contribution in [0.1, 0.15) is 11.1 Å². The molecule has 0 atom stereocenters.